The Bertz CT molecular complexity index is 317. The van der Waals surface area contributed by atoms with E-state index in [0.29, 0.717) is 0 Å². The van der Waals surface area contributed by atoms with Crippen molar-refractivity contribution in [2.45, 2.75) is 13.0 Å². The van der Waals surface area contributed by atoms with E-state index >= 15 is 0 Å². The van der Waals surface area contributed by atoms with E-state index in [1.807, 2.05) is 0 Å². The molecule has 0 aromatic heterocycles. The zero-order chi connectivity index (χ0) is 11.4. The third-order valence-electron chi connectivity index (χ3n) is 1.89. The fraction of sp³-hybridized carbons (Fsp3) is 0.400. The first-order chi connectivity index (χ1) is 7.04. The van der Waals surface area contributed by atoms with Crippen molar-refractivity contribution >= 4 is 0 Å². The second-order valence-electron chi connectivity index (χ2n) is 3.33. The summed E-state index contributed by atoms with van der Waals surface area (Å²) < 4.78 is 5.05. The number of aliphatic hydroxyl groups excluding tert-OH is 1. The van der Waals surface area contributed by atoms with Crippen LogP contribution in [-0.2, 0) is 0 Å². The normalized spacial score (nSPS) is 12.5. The molecule has 0 aliphatic rings. The van der Waals surface area contributed by atoms with Gasteiger partial charge in [-0.1, -0.05) is 0 Å². The molecule has 0 saturated carbocycles. The number of aliphatic hydroxyl groups is 1. The van der Waals surface area contributed by atoms with Gasteiger partial charge in [-0.2, -0.15) is 0 Å². The number of aryl methyl sites for hydroxylation is 1. The molecule has 1 rings (SSSR count). The Hall–Kier alpha value is -1.46. The van der Waals surface area contributed by atoms with Crippen molar-refractivity contribution in [3.63, 3.8) is 0 Å². The predicted octanol–water partition coefficient (Wildman–Crippen LogP) is 0.105. The summed E-state index contributed by atoms with van der Waals surface area (Å²) in [6.07, 6.45) is -0.815. The zero-order valence-corrected chi connectivity index (χ0v) is 8.47. The van der Waals surface area contributed by atoms with Gasteiger partial charge in [0.25, 0.3) is 0 Å². The van der Waals surface area contributed by atoms with Crippen LogP contribution in [0.1, 0.15) is 5.56 Å². The molecule has 5 N–H and O–H groups in total. The Morgan fingerprint density at radius 1 is 1.33 bits per heavy atom. The molecular weight excluding hydrogens is 198 g/mol. The van der Waals surface area contributed by atoms with Gasteiger partial charge in [-0.05, 0) is 24.6 Å². The molecule has 1 atom stereocenters. The molecule has 0 aliphatic heterocycles. The minimum absolute atomic E-state index is 0.0342. The number of hydrogen-bond acceptors (Lipinski definition) is 5. The maximum atomic E-state index is 9.46. The quantitative estimate of drug-likeness (QED) is 0.569. The molecule has 1 aromatic carbocycles. The average molecular weight is 213 g/mol. The summed E-state index contributed by atoms with van der Waals surface area (Å²) >= 11 is 0. The van der Waals surface area contributed by atoms with Gasteiger partial charge in [-0.25, -0.2) is 0 Å². The van der Waals surface area contributed by atoms with E-state index in [2.05, 4.69) is 0 Å². The number of hydrogen-bond donors (Lipinski definition) is 4. The van der Waals surface area contributed by atoms with Crippen LogP contribution in [0.15, 0.2) is 12.1 Å². The highest BCUT2D eigenvalue weighted by Crippen LogP contribution is 2.36. The summed E-state index contributed by atoms with van der Waals surface area (Å²) in [7, 11) is 0. The first-order valence-corrected chi connectivity index (χ1v) is 4.58. The molecule has 0 aliphatic carbocycles. The lowest BCUT2D eigenvalue weighted by Crippen LogP contribution is -2.26. The van der Waals surface area contributed by atoms with Crippen molar-refractivity contribution < 1.29 is 20.1 Å². The number of phenols is 2. The highest BCUT2D eigenvalue weighted by atomic mass is 16.5. The Labute approximate surface area is 87.7 Å². The highest BCUT2D eigenvalue weighted by molar-refractivity contribution is 5.51. The van der Waals surface area contributed by atoms with Gasteiger partial charge < -0.3 is 25.8 Å². The van der Waals surface area contributed by atoms with Gasteiger partial charge in [0.15, 0.2) is 11.5 Å². The maximum Gasteiger partial charge on any atom is 0.203 e. The Kier molecular flexibility index (Phi) is 3.76. The number of aromatic hydroxyl groups is 2. The average Bonchev–Trinajstić information content (AvgIpc) is 2.15. The molecule has 0 bridgehead atoms. The standard InChI is InChI=1S/C10H15NO4/c1-6-2-8(13)10(9(14)3-6)15-5-7(12)4-11/h2-3,7,12-14H,4-5,11H2,1H3. The lowest BCUT2D eigenvalue weighted by atomic mass is 10.2. The van der Waals surface area contributed by atoms with Gasteiger partial charge in [-0.15, -0.1) is 0 Å². The molecule has 0 spiro atoms. The van der Waals surface area contributed by atoms with Crippen molar-refractivity contribution in [3.8, 4) is 17.2 Å². The molecule has 1 aromatic rings. The van der Waals surface area contributed by atoms with Crippen LogP contribution in [0.2, 0.25) is 0 Å². The van der Waals surface area contributed by atoms with Gasteiger partial charge in [0.05, 0.1) is 0 Å². The maximum absolute atomic E-state index is 9.46. The van der Waals surface area contributed by atoms with Crippen LogP contribution in [0, 0.1) is 6.92 Å². The third-order valence-corrected chi connectivity index (χ3v) is 1.89. The van der Waals surface area contributed by atoms with Crippen molar-refractivity contribution in [3.05, 3.63) is 17.7 Å². The van der Waals surface area contributed by atoms with E-state index in [1.165, 1.54) is 12.1 Å². The molecular formula is C10H15NO4. The molecule has 5 heteroatoms. The molecule has 5 nitrogen and oxygen atoms in total. The van der Waals surface area contributed by atoms with Crippen LogP contribution < -0.4 is 10.5 Å². The predicted molar refractivity (Wildman–Crippen MR) is 55.1 cm³/mol. The molecule has 0 heterocycles. The summed E-state index contributed by atoms with van der Waals surface area (Å²) in [4.78, 5) is 0. The zero-order valence-electron chi connectivity index (χ0n) is 8.47. The van der Waals surface area contributed by atoms with Crippen LogP contribution in [0.25, 0.3) is 0 Å². The Morgan fingerprint density at radius 3 is 2.33 bits per heavy atom. The fourth-order valence-electron chi connectivity index (χ4n) is 1.13. The third kappa shape index (κ3) is 3.00. The lowest BCUT2D eigenvalue weighted by Gasteiger charge is -2.13. The van der Waals surface area contributed by atoms with Crippen LogP contribution in [0.3, 0.4) is 0 Å². The van der Waals surface area contributed by atoms with E-state index in [4.69, 9.17) is 15.6 Å². The Morgan fingerprint density at radius 2 is 1.87 bits per heavy atom. The number of nitrogens with two attached hydrogens (primary N) is 1. The molecule has 0 amide bonds. The van der Waals surface area contributed by atoms with E-state index in [0.717, 1.165) is 5.56 Å². The summed E-state index contributed by atoms with van der Waals surface area (Å²) in [5, 5.41) is 28.1. The smallest absolute Gasteiger partial charge is 0.203 e. The topological polar surface area (TPSA) is 95.9 Å². The first-order valence-electron chi connectivity index (χ1n) is 4.58. The number of ether oxygens (including phenoxy) is 1. The summed E-state index contributed by atoms with van der Waals surface area (Å²) in [6.45, 7) is 1.73. The minimum Gasteiger partial charge on any atom is -0.504 e. The lowest BCUT2D eigenvalue weighted by molar-refractivity contribution is 0.110. The first kappa shape index (κ1) is 11.6. The van der Waals surface area contributed by atoms with Gasteiger partial charge >= 0.3 is 0 Å². The van der Waals surface area contributed by atoms with Gasteiger partial charge in [0.2, 0.25) is 5.75 Å². The Balaban J connectivity index is 2.77. The monoisotopic (exact) mass is 213 g/mol. The fourth-order valence-corrected chi connectivity index (χ4v) is 1.13. The highest BCUT2D eigenvalue weighted by Gasteiger charge is 2.11. The van der Waals surface area contributed by atoms with Crippen molar-refractivity contribution in [1.29, 1.82) is 0 Å². The van der Waals surface area contributed by atoms with Gasteiger partial charge in [-0.3, -0.25) is 0 Å². The second kappa shape index (κ2) is 4.86. The summed E-state index contributed by atoms with van der Waals surface area (Å²) in [5.41, 5.74) is 5.90. The molecule has 0 radical (unpaired) electrons. The minimum atomic E-state index is -0.815. The second-order valence-corrected chi connectivity index (χ2v) is 3.33. The number of benzene rings is 1. The van der Waals surface area contributed by atoms with E-state index < -0.39 is 6.10 Å². The van der Waals surface area contributed by atoms with Crippen molar-refractivity contribution in [1.82, 2.24) is 0 Å². The van der Waals surface area contributed by atoms with E-state index in [1.54, 1.807) is 6.92 Å². The molecule has 15 heavy (non-hydrogen) atoms. The van der Waals surface area contributed by atoms with Crippen LogP contribution in [0.4, 0.5) is 0 Å². The largest absolute Gasteiger partial charge is 0.504 e. The van der Waals surface area contributed by atoms with Crippen molar-refractivity contribution in [2.75, 3.05) is 13.2 Å². The molecule has 0 saturated heterocycles. The van der Waals surface area contributed by atoms with Crippen LogP contribution in [-0.4, -0.2) is 34.6 Å². The van der Waals surface area contributed by atoms with Crippen LogP contribution >= 0.6 is 0 Å². The molecule has 1 unspecified atom stereocenters. The van der Waals surface area contributed by atoms with Gasteiger partial charge in [0.1, 0.15) is 12.7 Å². The summed E-state index contributed by atoms with van der Waals surface area (Å²) in [5.74, 6) is -0.346. The number of phenolic OH excluding ortho intramolecular Hbond substituents is 2. The van der Waals surface area contributed by atoms with E-state index in [-0.39, 0.29) is 30.4 Å². The van der Waals surface area contributed by atoms with Gasteiger partial charge in [0, 0.05) is 6.54 Å². The molecule has 84 valence electrons. The van der Waals surface area contributed by atoms with Crippen LogP contribution in [0.5, 0.6) is 17.2 Å². The molecule has 0 fully saturated rings. The number of rotatable bonds is 4. The van der Waals surface area contributed by atoms with E-state index in [9.17, 15) is 10.2 Å². The SMILES string of the molecule is Cc1cc(O)c(OCC(O)CN)c(O)c1. The van der Waals surface area contributed by atoms with Crippen molar-refractivity contribution in [2.24, 2.45) is 5.73 Å². The summed E-state index contributed by atoms with van der Waals surface area (Å²) in [6, 6.07) is 2.92.